The Balaban J connectivity index is 1.66. The van der Waals surface area contributed by atoms with Crippen LogP contribution in [0.5, 0.6) is 0 Å². The Hall–Kier alpha value is -1.90. The molecule has 3 rings (SSSR count). The van der Waals surface area contributed by atoms with Gasteiger partial charge in [0.1, 0.15) is 25.0 Å². The average Bonchev–Trinajstić information content (AvgIpc) is 3.14. The lowest BCUT2D eigenvalue weighted by Gasteiger charge is -2.24. The highest BCUT2D eigenvalue weighted by Gasteiger charge is 2.30. The molecule has 0 spiro atoms. The third kappa shape index (κ3) is 3.65. The lowest BCUT2D eigenvalue weighted by molar-refractivity contribution is -0.141. The first-order valence-corrected chi connectivity index (χ1v) is 7.14. The van der Waals surface area contributed by atoms with E-state index >= 15 is 0 Å². The highest BCUT2D eigenvalue weighted by Crippen LogP contribution is 2.23. The van der Waals surface area contributed by atoms with Crippen LogP contribution in [0.2, 0.25) is 0 Å². The van der Waals surface area contributed by atoms with E-state index in [2.05, 4.69) is 20.0 Å². The van der Waals surface area contributed by atoms with E-state index in [0.717, 1.165) is 19.4 Å². The summed E-state index contributed by atoms with van der Waals surface area (Å²) in [6, 6.07) is 0.248. The maximum Gasteiger partial charge on any atom is 0.406 e. The van der Waals surface area contributed by atoms with Gasteiger partial charge < -0.3 is 4.57 Å². The fraction of sp³-hybridized carbons (Fsp3) is 0.615. The summed E-state index contributed by atoms with van der Waals surface area (Å²) in [6.07, 6.45) is 3.73. The molecule has 22 heavy (non-hydrogen) atoms. The summed E-state index contributed by atoms with van der Waals surface area (Å²) in [4.78, 5) is 10.2. The van der Waals surface area contributed by atoms with Gasteiger partial charge in [0.15, 0.2) is 0 Å². The van der Waals surface area contributed by atoms with Crippen molar-refractivity contribution in [1.82, 2.24) is 29.2 Å². The summed E-state index contributed by atoms with van der Waals surface area (Å²) in [5.41, 5.74) is 0. The van der Waals surface area contributed by atoms with Crippen LogP contribution in [0.25, 0.3) is 0 Å². The Morgan fingerprint density at radius 2 is 2.18 bits per heavy atom. The lowest BCUT2D eigenvalue weighted by atomic mass is 10.2. The molecule has 2 aromatic rings. The second-order valence-electron chi connectivity index (χ2n) is 5.47. The van der Waals surface area contributed by atoms with E-state index < -0.39 is 12.7 Å². The molecule has 1 saturated heterocycles. The van der Waals surface area contributed by atoms with Crippen LogP contribution in [-0.4, -0.2) is 48.0 Å². The predicted molar refractivity (Wildman–Crippen MR) is 71.7 cm³/mol. The summed E-state index contributed by atoms with van der Waals surface area (Å²) in [7, 11) is 0. The Morgan fingerprint density at radius 1 is 1.32 bits per heavy atom. The largest absolute Gasteiger partial charge is 0.406 e. The molecule has 1 aliphatic heterocycles. The Morgan fingerprint density at radius 3 is 2.91 bits per heavy atom. The molecule has 0 unspecified atom stereocenters. The van der Waals surface area contributed by atoms with Gasteiger partial charge in [0.2, 0.25) is 0 Å². The van der Waals surface area contributed by atoms with Gasteiger partial charge in [-0.2, -0.15) is 18.3 Å². The molecule has 6 nitrogen and oxygen atoms in total. The lowest BCUT2D eigenvalue weighted by Crippen LogP contribution is -2.34. The van der Waals surface area contributed by atoms with Gasteiger partial charge in [0, 0.05) is 18.4 Å². The van der Waals surface area contributed by atoms with Gasteiger partial charge in [-0.15, -0.1) is 0 Å². The van der Waals surface area contributed by atoms with Crippen LogP contribution < -0.4 is 0 Å². The number of halogens is 3. The molecular weight excluding hydrogens is 297 g/mol. The summed E-state index contributed by atoms with van der Waals surface area (Å²) >= 11 is 0. The zero-order valence-corrected chi connectivity index (χ0v) is 11.9. The van der Waals surface area contributed by atoms with Crippen molar-refractivity contribution in [2.75, 3.05) is 6.54 Å². The Bertz CT molecular complexity index is 591. The second-order valence-corrected chi connectivity index (χ2v) is 5.47. The van der Waals surface area contributed by atoms with E-state index in [0.29, 0.717) is 18.9 Å². The van der Waals surface area contributed by atoms with Crippen molar-refractivity contribution in [3.63, 3.8) is 0 Å². The third-order valence-corrected chi connectivity index (χ3v) is 3.86. The van der Waals surface area contributed by atoms with E-state index in [4.69, 9.17) is 0 Å². The normalized spacial score (nSPS) is 19.9. The fourth-order valence-corrected chi connectivity index (χ4v) is 2.86. The predicted octanol–water partition coefficient (Wildman–Crippen LogP) is 1.70. The van der Waals surface area contributed by atoms with Gasteiger partial charge in [0.05, 0.1) is 13.1 Å². The van der Waals surface area contributed by atoms with Crippen molar-refractivity contribution in [3.8, 4) is 0 Å². The van der Waals surface area contributed by atoms with Crippen LogP contribution in [0.15, 0.2) is 25.0 Å². The number of hydrogen-bond acceptors (Lipinski definition) is 4. The van der Waals surface area contributed by atoms with E-state index in [9.17, 15) is 13.2 Å². The minimum absolute atomic E-state index is 0.248. The summed E-state index contributed by atoms with van der Waals surface area (Å²) in [5, 5.41) is 4.09. The van der Waals surface area contributed by atoms with E-state index in [1.54, 1.807) is 11.0 Å². The van der Waals surface area contributed by atoms with Crippen molar-refractivity contribution in [2.24, 2.45) is 0 Å². The molecule has 0 N–H and O–H groups in total. The summed E-state index contributed by atoms with van der Waals surface area (Å²) < 4.78 is 40.6. The molecule has 120 valence electrons. The van der Waals surface area contributed by atoms with Gasteiger partial charge in [-0.05, 0) is 19.4 Å². The van der Waals surface area contributed by atoms with Crippen LogP contribution in [0, 0.1) is 0 Å². The van der Waals surface area contributed by atoms with Crippen molar-refractivity contribution >= 4 is 0 Å². The first-order chi connectivity index (χ1) is 10.5. The van der Waals surface area contributed by atoms with Crippen LogP contribution >= 0.6 is 0 Å². The van der Waals surface area contributed by atoms with Gasteiger partial charge in [-0.1, -0.05) is 0 Å². The molecule has 2 aromatic heterocycles. The van der Waals surface area contributed by atoms with Gasteiger partial charge in [0.25, 0.3) is 0 Å². The molecular formula is C13H17F3N6. The molecule has 0 saturated carbocycles. The molecule has 0 aliphatic carbocycles. The first-order valence-electron chi connectivity index (χ1n) is 7.14. The summed E-state index contributed by atoms with van der Waals surface area (Å²) in [5.74, 6) is 0.447. The zero-order chi connectivity index (χ0) is 15.6. The number of likely N-dealkylation sites (tertiary alicyclic amines) is 1. The molecule has 1 aliphatic rings. The molecule has 1 fully saturated rings. The number of hydrogen-bond donors (Lipinski definition) is 0. The van der Waals surface area contributed by atoms with Crippen molar-refractivity contribution < 1.29 is 13.2 Å². The fourth-order valence-electron chi connectivity index (χ4n) is 2.86. The topological polar surface area (TPSA) is 51.8 Å². The Kier molecular flexibility index (Phi) is 4.14. The van der Waals surface area contributed by atoms with Crippen LogP contribution in [0.3, 0.4) is 0 Å². The zero-order valence-electron chi connectivity index (χ0n) is 11.9. The molecule has 0 bridgehead atoms. The molecule has 0 radical (unpaired) electrons. The quantitative estimate of drug-likeness (QED) is 0.843. The monoisotopic (exact) mass is 314 g/mol. The van der Waals surface area contributed by atoms with Gasteiger partial charge in [-0.25, -0.2) is 9.97 Å². The number of aromatic nitrogens is 5. The molecule has 0 amide bonds. The molecule has 9 heteroatoms. The van der Waals surface area contributed by atoms with Crippen LogP contribution in [-0.2, 0) is 19.6 Å². The minimum atomic E-state index is -4.24. The smallest absolute Gasteiger partial charge is 0.325 e. The number of alkyl halides is 3. The molecule has 1 atom stereocenters. The van der Waals surface area contributed by atoms with Gasteiger partial charge >= 0.3 is 6.18 Å². The minimum Gasteiger partial charge on any atom is -0.325 e. The van der Waals surface area contributed by atoms with E-state index in [-0.39, 0.29) is 6.04 Å². The number of imidazole rings is 1. The number of rotatable bonds is 5. The van der Waals surface area contributed by atoms with Crippen molar-refractivity contribution in [2.45, 2.75) is 44.7 Å². The SMILES string of the molecule is FC(F)(F)Cn1ccnc1CN1CCC[C@H]1Cn1cncn1. The maximum absolute atomic E-state index is 12.6. The number of nitrogens with zero attached hydrogens (tertiary/aromatic N) is 6. The highest BCUT2D eigenvalue weighted by atomic mass is 19.4. The second kappa shape index (κ2) is 6.07. The summed E-state index contributed by atoms with van der Waals surface area (Å²) in [6.45, 7) is 0.977. The highest BCUT2D eigenvalue weighted by molar-refractivity contribution is 4.95. The standard InChI is InChI=1S/C13H17F3N6/c14-13(15,16)8-21-5-3-18-12(21)7-20-4-1-2-11(20)6-22-10-17-9-19-22/h3,5,9-11H,1-2,4,6-8H2/t11-/m0/s1. The van der Waals surface area contributed by atoms with Crippen LogP contribution in [0.1, 0.15) is 18.7 Å². The van der Waals surface area contributed by atoms with Crippen molar-refractivity contribution in [1.29, 1.82) is 0 Å². The van der Waals surface area contributed by atoms with Crippen LogP contribution in [0.4, 0.5) is 13.2 Å². The Labute approximate surface area is 125 Å². The average molecular weight is 314 g/mol. The molecule has 3 heterocycles. The third-order valence-electron chi connectivity index (χ3n) is 3.86. The van der Waals surface area contributed by atoms with Gasteiger partial charge in [-0.3, -0.25) is 9.58 Å². The maximum atomic E-state index is 12.6. The first kappa shape index (κ1) is 15.0. The molecule has 0 aromatic carbocycles. The van der Waals surface area contributed by atoms with E-state index in [1.807, 2.05) is 0 Å². The van der Waals surface area contributed by atoms with Crippen molar-refractivity contribution in [3.05, 3.63) is 30.9 Å². The van der Waals surface area contributed by atoms with E-state index in [1.165, 1.54) is 23.3 Å².